The maximum atomic E-state index is 12.7. The molecule has 1 amide bonds. The Morgan fingerprint density at radius 2 is 1.92 bits per heavy atom. The molecule has 6 nitrogen and oxygen atoms in total. The van der Waals surface area contributed by atoms with E-state index in [1.54, 1.807) is 18.2 Å². The van der Waals surface area contributed by atoms with Crippen LogP contribution in [0.2, 0.25) is 0 Å². The van der Waals surface area contributed by atoms with Crippen LogP contribution in [0.5, 0.6) is 0 Å². The van der Waals surface area contributed by atoms with E-state index >= 15 is 0 Å². The van der Waals surface area contributed by atoms with Crippen LogP contribution < -0.4 is 0 Å². The number of sulfone groups is 1. The van der Waals surface area contributed by atoms with Gasteiger partial charge in [-0.05, 0) is 24.1 Å². The highest BCUT2D eigenvalue weighted by Crippen LogP contribution is 2.17. The third-order valence-corrected chi connectivity index (χ3v) is 6.47. The first-order valence-corrected chi connectivity index (χ1v) is 10.5. The zero-order valence-electron chi connectivity index (χ0n) is 14.9. The molecule has 2 aromatic rings. The van der Waals surface area contributed by atoms with Gasteiger partial charge >= 0.3 is 0 Å². The van der Waals surface area contributed by atoms with Crippen LogP contribution in [-0.4, -0.2) is 55.3 Å². The number of carbonyl (C=O) groups excluding carboxylic acids is 1. The Balaban J connectivity index is 1.67. The smallest absolute Gasteiger partial charge is 0.236 e. The average molecular weight is 376 g/mol. The molecule has 1 aliphatic rings. The van der Waals surface area contributed by atoms with Crippen molar-refractivity contribution in [1.82, 2.24) is 9.80 Å². The van der Waals surface area contributed by atoms with E-state index in [2.05, 4.69) is 0 Å². The van der Waals surface area contributed by atoms with Gasteiger partial charge in [0.25, 0.3) is 0 Å². The molecule has 1 atom stereocenters. The van der Waals surface area contributed by atoms with E-state index in [0.29, 0.717) is 19.5 Å². The molecule has 2 heterocycles. The summed E-state index contributed by atoms with van der Waals surface area (Å²) in [6, 6.07) is 13.4. The molecule has 7 heteroatoms. The van der Waals surface area contributed by atoms with E-state index in [9.17, 15) is 13.2 Å². The zero-order chi connectivity index (χ0) is 18.6. The molecule has 0 bridgehead atoms. The molecule has 0 saturated carbocycles. The number of carbonyl (C=O) groups is 1. The number of furan rings is 1. The molecule has 1 fully saturated rings. The summed E-state index contributed by atoms with van der Waals surface area (Å²) in [6.45, 7) is 1.34. The number of hydrogen-bond donors (Lipinski definition) is 0. The molecule has 0 radical (unpaired) electrons. The highest BCUT2D eigenvalue weighted by atomic mass is 32.2. The van der Waals surface area contributed by atoms with Crippen LogP contribution in [0.25, 0.3) is 0 Å². The molecule has 0 aliphatic carbocycles. The zero-order valence-corrected chi connectivity index (χ0v) is 15.7. The van der Waals surface area contributed by atoms with Gasteiger partial charge in [-0.1, -0.05) is 30.3 Å². The van der Waals surface area contributed by atoms with Crippen molar-refractivity contribution in [2.24, 2.45) is 0 Å². The lowest BCUT2D eigenvalue weighted by atomic mass is 10.2. The van der Waals surface area contributed by atoms with Gasteiger partial charge in [0.15, 0.2) is 9.84 Å². The highest BCUT2D eigenvalue weighted by molar-refractivity contribution is 7.91. The lowest BCUT2D eigenvalue weighted by Gasteiger charge is -2.27. The van der Waals surface area contributed by atoms with E-state index in [1.165, 1.54) is 0 Å². The van der Waals surface area contributed by atoms with Crippen molar-refractivity contribution in [2.75, 3.05) is 25.1 Å². The van der Waals surface area contributed by atoms with Gasteiger partial charge in [0.1, 0.15) is 5.76 Å². The number of rotatable bonds is 7. The highest BCUT2D eigenvalue weighted by Gasteiger charge is 2.33. The van der Waals surface area contributed by atoms with Gasteiger partial charge < -0.3 is 9.32 Å². The van der Waals surface area contributed by atoms with Crippen LogP contribution in [0.3, 0.4) is 0 Å². The molecular formula is C19H24N2O4S. The van der Waals surface area contributed by atoms with Crippen molar-refractivity contribution >= 4 is 15.7 Å². The summed E-state index contributed by atoms with van der Waals surface area (Å²) in [4.78, 5) is 16.3. The van der Waals surface area contributed by atoms with Crippen molar-refractivity contribution in [3.63, 3.8) is 0 Å². The second kappa shape index (κ2) is 8.05. The monoisotopic (exact) mass is 376 g/mol. The molecular weight excluding hydrogens is 352 g/mol. The summed E-state index contributed by atoms with van der Waals surface area (Å²) in [5.41, 5.74) is 1.11. The lowest BCUT2D eigenvalue weighted by Crippen LogP contribution is -2.43. The minimum atomic E-state index is -3.01. The van der Waals surface area contributed by atoms with Crippen LogP contribution in [0.4, 0.5) is 0 Å². The van der Waals surface area contributed by atoms with Crippen LogP contribution in [-0.2, 0) is 27.7 Å². The fourth-order valence-electron chi connectivity index (χ4n) is 3.22. The maximum Gasteiger partial charge on any atom is 0.236 e. The number of hydrogen-bond acceptors (Lipinski definition) is 5. The van der Waals surface area contributed by atoms with Crippen molar-refractivity contribution in [3.05, 3.63) is 60.1 Å². The predicted octanol–water partition coefficient (Wildman–Crippen LogP) is 1.93. The van der Waals surface area contributed by atoms with E-state index in [0.717, 1.165) is 11.3 Å². The van der Waals surface area contributed by atoms with Crippen LogP contribution >= 0.6 is 0 Å². The molecule has 140 valence electrons. The minimum Gasteiger partial charge on any atom is -0.468 e. The fraction of sp³-hybridized carbons (Fsp3) is 0.421. The largest absolute Gasteiger partial charge is 0.468 e. The maximum absolute atomic E-state index is 12.7. The summed E-state index contributed by atoms with van der Waals surface area (Å²) in [7, 11) is -1.32. The first kappa shape index (κ1) is 18.7. The first-order valence-electron chi connectivity index (χ1n) is 8.68. The number of nitrogens with zero attached hydrogens (tertiary/aromatic N) is 2. The number of likely N-dealkylation sites (N-methyl/N-ethyl adjacent to an activating group) is 1. The van der Waals surface area contributed by atoms with Crippen molar-refractivity contribution < 1.29 is 17.6 Å². The molecule has 0 N–H and O–H groups in total. The lowest BCUT2D eigenvalue weighted by molar-refractivity contribution is -0.133. The number of amides is 1. The predicted molar refractivity (Wildman–Crippen MR) is 99.1 cm³/mol. The Bertz CT molecular complexity index is 818. The van der Waals surface area contributed by atoms with Gasteiger partial charge in [-0.25, -0.2) is 8.42 Å². The Hall–Kier alpha value is -2.12. The standard InChI is InChI=1S/C19H24N2O4S/c1-20(17-9-11-26(23,24)15-17)19(22)14-21(13-18-8-5-10-25-18)12-16-6-3-2-4-7-16/h2-8,10,17H,9,11-15H2,1H3/t17-/m0/s1. The van der Waals surface area contributed by atoms with Gasteiger partial charge in [0.2, 0.25) is 5.91 Å². The third kappa shape index (κ3) is 4.95. The van der Waals surface area contributed by atoms with Crippen LogP contribution in [0.1, 0.15) is 17.7 Å². The molecule has 0 spiro atoms. The van der Waals surface area contributed by atoms with E-state index in [4.69, 9.17) is 4.42 Å². The molecule has 1 saturated heterocycles. The van der Waals surface area contributed by atoms with Crippen LogP contribution in [0, 0.1) is 0 Å². The second-order valence-corrected chi connectivity index (χ2v) is 9.00. The molecule has 0 unspecified atom stereocenters. The van der Waals surface area contributed by atoms with E-state index in [-0.39, 0.29) is 30.0 Å². The van der Waals surface area contributed by atoms with Gasteiger partial charge in [0, 0.05) is 19.6 Å². The van der Waals surface area contributed by atoms with Crippen molar-refractivity contribution in [2.45, 2.75) is 25.6 Å². The molecule has 1 aliphatic heterocycles. The van der Waals surface area contributed by atoms with Gasteiger partial charge in [0.05, 0.1) is 30.9 Å². The van der Waals surface area contributed by atoms with Gasteiger partial charge in [-0.15, -0.1) is 0 Å². The Kier molecular flexibility index (Phi) is 5.78. The number of benzene rings is 1. The topological polar surface area (TPSA) is 70.8 Å². The van der Waals surface area contributed by atoms with Crippen molar-refractivity contribution in [1.29, 1.82) is 0 Å². The Morgan fingerprint density at radius 3 is 2.54 bits per heavy atom. The summed E-state index contributed by atoms with van der Waals surface area (Å²) in [5, 5.41) is 0. The molecule has 26 heavy (non-hydrogen) atoms. The average Bonchev–Trinajstić information content (AvgIpc) is 3.24. The summed E-state index contributed by atoms with van der Waals surface area (Å²) < 4.78 is 28.8. The normalized spacial score (nSPS) is 18.9. The van der Waals surface area contributed by atoms with Gasteiger partial charge in [-0.3, -0.25) is 9.69 Å². The molecule has 3 rings (SSSR count). The molecule has 1 aromatic carbocycles. The Labute approximate surface area is 154 Å². The Morgan fingerprint density at radius 1 is 1.15 bits per heavy atom. The summed E-state index contributed by atoms with van der Waals surface area (Å²) in [5.74, 6) is 0.941. The quantitative estimate of drug-likeness (QED) is 0.738. The van der Waals surface area contributed by atoms with Crippen LogP contribution in [0.15, 0.2) is 53.1 Å². The summed E-state index contributed by atoms with van der Waals surface area (Å²) >= 11 is 0. The SMILES string of the molecule is CN(C(=O)CN(Cc1ccccc1)Cc1ccco1)[C@H]1CCS(=O)(=O)C1. The fourth-order valence-corrected chi connectivity index (χ4v) is 4.99. The minimum absolute atomic E-state index is 0.0616. The van der Waals surface area contributed by atoms with E-state index < -0.39 is 9.84 Å². The molecule has 1 aromatic heterocycles. The van der Waals surface area contributed by atoms with Gasteiger partial charge in [-0.2, -0.15) is 0 Å². The second-order valence-electron chi connectivity index (χ2n) is 6.77. The summed E-state index contributed by atoms with van der Waals surface area (Å²) in [6.07, 6.45) is 2.13. The van der Waals surface area contributed by atoms with E-state index in [1.807, 2.05) is 47.4 Å². The first-order chi connectivity index (χ1) is 12.4. The third-order valence-electron chi connectivity index (χ3n) is 4.72. The van der Waals surface area contributed by atoms with Crippen molar-refractivity contribution in [3.8, 4) is 0 Å².